The summed E-state index contributed by atoms with van der Waals surface area (Å²) in [6.45, 7) is 3.31. The van der Waals surface area contributed by atoms with Gasteiger partial charge in [0.25, 0.3) is 5.91 Å². The molecule has 0 saturated heterocycles. The number of aryl methyl sites for hydroxylation is 1. The van der Waals surface area contributed by atoms with Gasteiger partial charge in [-0.1, -0.05) is 41.1 Å². The van der Waals surface area contributed by atoms with Gasteiger partial charge in [0.2, 0.25) is 11.7 Å². The lowest BCUT2D eigenvalue weighted by Crippen LogP contribution is -2.19. The Bertz CT molecular complexity index is 887. The molecule has 3 rings (SSSR count). The predicted molar refractivity (Wildman–Crippen MR) is 99.5 cm³/mol. The first-order chi connectivity index (χ1) is 12.5. The standard InChI is InChI=1S/C20H22N4O2/c1-14-5-4-6-17(11-14)19-22-18(26-23-19)13-24(3)12-15-7-9-16(10-8-15)20(25)21-2/h4-11H,12-13H2,1-3H3,(H,21,25). The van der Waals surface area contributed by atoms with Gasteiger partial charge in [0.1, 0.15) is 0 Å². The number of nitrogens with zero attached hydrogens (tertiary/aromatic N) is 3. The van der Waals surface area contributed by atoms with Gasteiger partial charge >= 0.3 is 0 Å². The molecular formula is C20H22N4O2. The fourth-order valence-electron chi connectivity index (χ4n) is 2.72. The van der Waals surface area contributed by atoms with Crippen molar-refractivity contribution in [2.75, 3.05) is 14.1 Å². The maximum Gasteiger partial charge on any atom is 0.251 e. The summed E-state index contributed by atoms with van der Waals surface area (Å²) in [5.74, 6) is 1.09. The lowest BCUT2D eigenvalue weighted by atomic mass is 10.1. The van der Waals surface area contributed by atoms with Gasteiger partial charge in [-0.15, -0.1) is 0 Å². The summed E-state index contributed by atoms with van der Waals surface area (Å²) in [5, 5.41) is 6.69. The lowest BCUT2D eigenvalue weighted by molar-refractivity contribution is 0.0963. The van der Waals surface area contributed by atoms with Gasteiger partial charge in [-0.2, -0.15) is 4.98 Å². The highest BCUT2D eigenvalue weighted by Crippen LogP contribution is 2.17. The van der Waals surface area contributed by atoms with E-state index in [4.69, 9.17) is 4.52 Å². The maximum atomic E-state index is 11.6. The van der Waals surface area contributed by atoms with E-state index in [1.54, 1.807) is 7.05 Å². The molecule has 0 saturated carbocycles. The van der Waals surface area contributed by atoms with Crippen molar-refractivity contribution in [3.63, 3.8) is 0 Å². The summed E-state index contributed by atoms with van der Waals surface area (Å²) in [5.41, 5.74) is 3.87. The zero-order valence-electron chi connectivity index (χ0n) is 15.2. The van der Waals surface area contributed by atoms with Crippen molar-refractivity contribution < 1.29 is 9.32 Å². The molecule has 0 aliphatic rings. The van der Waals surface area contributed by atoms with E-state index in [2.05, 4.69) is 20.4 Å². The third-order valence-corrected chi connectivity index (χ3v) is 4.05. The molecule has 0 bridgehead atoms. The molecule has 0 atom stereocenters. The molecule has 1 aromatic heterocycles. The van der Waals surface area contributed by atoms with Crippen molar-refractivity contribution in [2.45, 2.75) is 20.0 Å². The zero-order chi connectivity index (χ0) is 18.5. The summed E-state index contributed by atoms with van der Waals surface area (Å²) in [6.07, 6.45) is 0. The van der Waals surface area contributed by atoms with Gasteiger partial charge in [-0.05, 0) is 37.7 Å². The molecular weight excluding hydrogens is 328 g/mol. The number of carbonyl (C=O) groups excluding carboxylic acids is 1. The molecule has 0 radical (unpaired) electrons. The van der Waals surface area contributed by atoms with Crippen molar-refractivity contribution in [3.05, 3.63) is 71.1 Å². The van der Waals surface area contributed by atoms with E-state index in [1.165, 1.54) is 0 Å². The third kappa shape index (κ3) is 4.34. The van der Waals surface area contributed by atoms with E-state index < -0.39 is 0 Å². The highest BCUT2D eigenvalue weighted by Gasteiger charge is 2.11. The second-order valence-electron chi connectivity index (χ2n) is 6.33. The van der Waals surface area contributed by atoms with Crippen LogP contribution in [0.15, 0.2) is 53.1 Å². The van der Waals surface area contributed by atoms with Crippen molar-refractivity contribution in [3.8, 4) is 11.4 Å². The normalized spacial score (nSPS) is 10.9. The first-order valence-corrected chi connectivity index (χ1v) is 8.44. The van der Waals surface area contributed by atoms with Crippen molar-refractivity contribution in [2.24, 2.45) is 0 Å². The molecule has 0 unspecified atom stereocenters. The zero-order valence-corrected chi connectivity index (χ0v) is 15.2. The van der Waals surface area contributed by atoms with Crippen LogP contribution >= 0.6 is 0 Å². The van der Waals surface area contributed by atoms with Gasteiger partial charge in [0, 0.05) is 24.7 Å². The minimum absolute atomic E-state index is 0.0838. The topological polar surface area (TPSA) is 71.3 Å². The number of carbonyl (C=O) groups is 1. The number of amides is 1. The van der Waals surface area contributed by atoms with E-state index in [9.17, 15) is 4.79 Å². The van der Waals surface area contributed by atoms with Crippen LogP contribution in [-0.2, 0) is 13.1 Å². The largest absolute Gasteiger partial charge is 0.355 e. The van der Waals surface area contributed by atoms with Gasteiger partial charge in [-0.3, -0.25) is 9.69 Å². The Kier molecular flexibility index (Phi) is 5.43. The highest BCUT2D eigenvalue weighted by atomic mass is 16.5. The average Bonchev–Trinajstić information content (AvgIpc) is 3.10. The monoisotopic (exact) mass is 350 g/mol. The van der Waals surface area contributed by atoms with Crippen molar-refractivity contribution in [1.29, 1.82) is 0 Å². The highest BCUT2D eigenvalue weighted by molar-refractivity contribution is 5.93. The summed E-state index contributed by atoms with van der Waals surface area (Å²) < 4.78 is 5.38. The van der Waals surface area contributed by atoms with Crippen molar-refractivity contribution in [1.82, 2.24) is 20.4 Å². The molecule has 1 heterocycles. The van der Waals surface area contributed by atoms with Crippen LogP contribution in [0.25, 0.3) is 11.4 Å². The molecule has 134 valence electrons. The molecule has 1 N–H and O–H groups in total. The fraction of sp³-hybridized carbons (Fsp3) is 0.250. The minimum Gasteiger partial charge on any atom is -0.355 e. The molecule has 0 fully saturated rings. The summed E-state index contributed by atoms with van der Waals surface area (Å²) >= 11 is 0. The Morgan fingerprint density at radius 1 is 1.15 bits per heavy atom. The number of nitrogens with one attached hydrogen (secondary N) is 1. The van der Waals surface area contributed by atoms with E-state index >= 15 is 0 Å². The van der Waals surface area contributed by atoms with E-state index in [-0.39, 0.29) is 5.91 Å². The number of benzene rings is 2. The first kappa shape index (κ1) is 17.8. The number of aromatic nitrogens is 2. The Balaban J connectivity index is 1.62. The second kappa shape index (κ2) is 7.93. The van der Waals surface area contributed by atoms with E-state index in [0.717, 1.165) is 23.2 Å². The van der Waals surface area contributed by atoms with Crippen LogP contribution in [0.3, 0.4) is 0 Å². The van der Waals surface area contributed by atoms with Gasteiger partial charge in [0.05, 0.1) is 6.54 Å². The quantitative estimate of drug-likeness (QED) is 0.740. The molecule has 6 heteroatoms. The Hall–Kier alpha value is -2.99. The second-order valence-corrected chi connectivity index (χ2v) is 6.33. The maximum absolute atomic E-state index is 11.6. The fourth-order valence-corrected chi connectivity index (χ4v) is 2.72. The summed E-state index contributed by atoms with van der Waals surface area (Å²) in [7, 11) is 3.61. The number of hydrogen-bond acceptors (Lipinski definition) is 5. The molecule has 0 spiro atoms. The van der Waals surface area contributed by atoms with E-state index in [1.807, 2.05) is 62.5 Å². The third-order valence-electron chi connectivity index (χ3n) is 4.05. The molecule has 1 amide bonds. The van der Waals surface area contributed by atoms with Crippen LogP contribution in [0, 0.1) is 6.92 Å². The van der Waals surface area contributed by atoms with Crippen LogP contribution in [0.4, 0.5) is 0 Å². The van der Waals surface area contributed by atoms with Crippen LogP contribution in [-0.4, -0.2) is 35.0 Å². The first-order valence-electron chi connectivity index (χ1n) is 8.44. The SMILES string of the molecule is CNC(=O)c1ccc(CN(C)Cc2nc(-c3cccc(C)c3)no2)cc1. The summed E-state index contributed by atoms with van der Waals surface area (Å²) in [6, 6.07) is 15.6. The lowest BCUT2D eigenvalue weighted by Gasteiger charge is -2.14. The number of rotatable bonds is 6. The van der Waals surface area contributed by atoms with Crippen LogP contribution in [0.2, 0.25) is 0 Å². The van der Waals surface area contributed by atoms with Crippen LogP contribution in [0.1, 0.15) is 27.4 Å². The van der Waals surface area contributed by atoms with Gasteiger partial charge < -0.3 is 9.84 Å². The molecule has 6 nitrogen and oxygen atoms in total. The van der Waals surface area contributed by atoms with Crippen LogP contribution < -0.4 is 5.32 Å². The smallest absolute Gasteiger partial charge is 0.251 e. The van der Waals surface area contributed by atoms with E-state index in [0.29, 0.717) is 23.8 Å². The molecule has 3 aromatic rings. The van der Waals surface area contributed by atoms with Gasteiger partial charge in [0.15, 0.2) is 0 Å². The van der Waals surface area contributed by atoms with Crippen molar-refractivity contribution >= 4 is 5.91 Å². The molecule has 2 aromatic carbocycles. The molecule has 0 aliphatic heterocycles. The Morgan fingerprint density at radius 3 is 2.62 bits per heavy atom. The molecule has 0 aliphatic carbocycles. The Labute approximate surface area is 152 Å². The molecule has 26 heavy (non-hydrogen) atoms. The van der Waals surface area contributed by atoms with Gasteiger partial charge in [-0.25, -0.2) is 0 Å². The minimum atomic E-state index is -0.0838. The number of hydrogen-bond donors (Lipinski definition) is 1. The predicted octanol–water partition coefficient (Wildman–Crippen LogP) is 3.04. The summed E-state index contributed by atoms with van der Waals surface area (Å²) in [4.78, 5) is 18.1. The van der Waals surface area contributed by atoms with Crippen LogP contribution in [0.5, 0.6) is 0 Å². The average molecular weight is 350 g/mol. The Morgan fingerprint density at radius 2 is 1.92 bits per heavy atom.